The van der Waals surface area contributed by atoms with Crippen LogP contribution in [0, 0.1) is 10.1 Å². The van der Waals surface area contributed by atoms with Crippen molar-refractivity contribution >= 4 is 34.9 Å². The van der Waals surface area contributed by atoms with Crippen LogP contribution < -0.4 is 0 Å². The molecule has 132 valence electrons. The highest BCUT2D eigenvalue weighted by Crippen LogP contribution is 2.24. The van der Waals surface area contributed by atoms with Crippen molar-refractivity contribution in [1.29, 1.82) is 0 Å². The van der Waals surface area contributed by atoms with E-state index < -0.39 is 16.6 Å². The molecule has 0 atom stereocenters. The van der Waals surface area contributed by atoms with E-state index in [2.05, 4.69) is 10.1 Å². The van der Waals surface area contributed by atoms with Crippen LogP contribution in [0.1, 0.15) is 16.2 Å². The number of nitro groups is 1. The van der Waals surface area contributed by atoms with Gasteiger partial charge in [-0.25, -0.2) is 4.79 Å². The normalized spacial score (nSPS) is 10.5. The van der Waals surface area contributed by atoms with Crippen molar-refractivity contribution in [3.63, 3.8) is 0 Å². The van der Waals surface area contributed by atoms with Crippen molar-refractivity contribution in [3.05, 3.63) is 74.1 Å². The first-order valence-electron chi connectivity index (χ1n) is 7.13. The van der Waals surface area contributed by atoms with Gasteiger partial charge in [0.15, 0.2) is 6.61 Å². The first-order chi connectivity index (χ1) is 12.4. The van der Waals surface area contributed by atoms with Crippen LogP contribution in [0.25, 0.3) is 11.4 Å². The van der Waals surface area contributed by atoms with E-state index in [1.807, 2.05) is 0 Å². The summed E-state index contributed by atoms with van der Waals surface area (Å²) in [7, 11) is 0. The fourth-order valence-electron chi connectivity index (χ4n) is 2.09. The molecule has 10 heteroatoms. The van der Waals surface area contributed by atoms with E-state index in [1.165, 1.54) is 12.1 Å². The maximum absolute atomic E-state index is 12.1. The fourth-order valence-corrected chi connectivity index (χ4v) is 2.45. The molecule has 0 saturated carbocycles. The largest absolute Gasteiger partial charge is 0.452 e. The Morgan fingerprint density at radius 2 is 1.96 bits per heavy atom. The first-order valence-corrected chi connectivity index (χ1v) is 7.89. The lowest BCUT2D eigenvalue weighted by Gasteiger charge is -2.03. The minimum absolute atomic E-state index is 0.0324. The van der Waals surface area contributed by atoms with Crippen LogP contribution in [0.5, 0.6) is 0 Å². The van der Waals surface area contributed by atoms with Gasteiger partial charge in [-0.2, -0.15) is 4.98 Å². The summed E-state index contributed by atoms with van der Waals surface area (Å²) in [5.74, 6) is -0.600. The molecule has 8 nitrogen and oxygen atoms in total. The Labute approximate surface area is 156 Å². The van der Waals surface area contributed by atoms with E-state index in [-0.39, 0.29) is 28.9 Å². The van der Waals surface area contributed by atoms with Crippen LogP contribution in [0.3, 0.4) is 0 Å². The molecule has 0 aliphatic rings. The highest BCUT2D eigenvalue weighted by molar-refractivity contribution is 6.31. The summed E-state index contributed by atoms with van der Waals surface area (Å²) in [4.78, 5) is 26.5. The number of hydrogen-bond donors (Lipinski definition) is 0. The molecule has 3 aromatic rings. The van der Waals surface area contributed by atoms with Crippen molar-refractivity contribution in [2.75, 3.05) is 0 Å². The van der Waals surface area contributed by atoms with Gasteiger partial charge in [-0.15, -0.1) is 0 Å². The van der Waals surface area contributed by atoms with Crippen LogP contribution in [0.15, 0.2) is 47.0 Å². The topological polar surface area (TPSA) is 108 Å². The van der Waals surface area contributed by atoms with E-state index in [9.17, 15) is 14.9 Å². The predicted molar refractivity (Wildman–Crippen MR) is 92.0 cm³/mol. The smallest absolute Gasteiger partial charge is 0.345 e. The van der Waals surface area contributed by atoms with Gasteiger partial charge in [0.25, 0.3) is 11.6 Å². The molecule has 0 fully saturated rings. The summed E-state index contributed by atoms with van der Waals surface area (Å²) in [5, 5.41) is 15.4. The molecule has 0 aliphatic heterocycles. The molecule has 0 radical (unpaired) electrons. The van der Waals surface area contributed by atoms with Gasteiger partial charge in [0, 0.05) is 21.7 Å². The first kappa shape index (κ1) is 17.8. The maximum Gasteiger partial charge on any atom is 0.345 e. The second-order valence-electron chi connectivity index (χ2n) is 5.02. The van der Waals surface area contributed by atoms with Gasteiger partial charge in [0.05, 0.1) is 4.92 Å². The second-order valence-corrected chi connectivity index (χ2v) is 5.89. The zero-order valence-electron chi connectivity index (χ0n) is 12.9. The van der Waals surface area contributed by atoms with Gasteiger partial charge in [-0.1, -0.05) is 40.5 Å². The Kier molecular flexibility index (Phi) is 5.15. The number of hydrogen-bond acceptors (Lipinski definition) is 7. The average molecular weight is 394 g/mol. The number of aromatic nitrogens is 2. The standard InChI is InChI=1S/C16H9Cl2N3O5/c17-10-3-1-2-9(6-10)15-19-14(26-20-15)8-25-16(22)12-5-4-11(18)7-13(12)21(23)24/h1-7H,8H2. The third-order valence-corrected chi connectivity index (χ3v) is 3.72. The van der Waals surface area contributed by atoms with Crippen molar-refractivity contribution in [2.45, 2.75) is 6.61 Å². The molecule has 1 heterocycles. The Morgan fingerprint density at radius 1 is 1.19 bits per heavy atom. The summed E-state index contributed by atoms with van der Waals surface area (Å²) in [6, 6.07) is 10.5. The quantitative estimate of drug-likeness (QED) is 0.360. The monoisotopic (exact) mass is 393 g/mol. The maximum atomic E-state index is 12.1. The molecule has 1 aromatic heterocycles. The van der Waals surface area contributed by atoms with Gasteiger partial charge >= 0.3 is 5.97 Å². The van der Waals surface area contributed by atoms with Crippen molar-refractivity contribution < 1.29 is 19.0 Å². The highest BCUT2D eigenvalue weighted by Gasteiger charge is 2.22. The summed E-state index contributed by atoms with van der Waals surface area (Å²) in [6.45, 7) is -0.341. The van der Waals surface area contributed by atoms with Gasteiger partial charge < -0.3 is 9.26 Å². The average Bonchev–Trinajstić information content (AvgIpc) is 3.08. The van der Waals surface area contributed by atoms with Crippen molar-refractivity contribution in [2.24, 2.45) is 0 Å². The number of nitrogens with zero attached hydrogens (tertiary/aromatic N) is 3. The molecular formula is C16H9Cl2N3O5. The zero-order valence-corrected chi connectivity index (χ0v) is 14.4. The minimum atomic E-state index is -0.907. The third kappa shape index (κ3) is 3.98. The molecule has 3 rings (SSSR count). The molecule has 0 N–H and O–H groups in total. The number of rotatable bonds is 5. The molecule has 0 spiro atoms. The Balaban J connectivity index is 1.72. The van der Waals surface area contributed by atoms with Crippen molar-refractivity contribution in [1.82, 2.24) is 10.1 Å². The van der Waals surface area contributed by atoms with Crippen LogP contribution in [0.4, 0.5) is 5.69 Å². The van der Waals surface area contributed by atoms with Crippen LogP contribution in [0.2, 0.25) is 10.0 Å². The lowest BCUT2D eigenvalue weighted by atomic mass is 10.2. The van der Waals surface area contributed by atoms with E-state index in [0.717, 1.165) is 6.07 Å². The molecule has 2 aromatic carbocycles. The second kappa shape index (κ2) is 7.51. The van der Waals surface area contributed by atoms with Crippen LogP contribution in [-0.2, 0) is 11.3 Å². The number of halogens is 2. The molecular weight excluding hydrogens is 385 g/mol. The van der Waals surface area contributed by atoms with Gasteiger partial charge in [0.1, 0.15) is 5.56 Å². The van der Waals surface area contributed by atoms with Gasteiger partial charge in [0.2, 0.25) is 5.82 Å². The molecule has 0 bridgehead atoms. The van der Waals surface area contributed by atoms with Crippen LogP contribution >= 0.6 is 23.2 Å². The van der Waals surface area contributed by atoms with E-state index in [0.29, 0.717) is 10.6 Å². The van der Waals surface area contributed by atoms with Crippen LogP contribution in [-0.4, -0.2) is 21.0 Å². The number of carbonyl (C=O) groups is 1. The highest BCUT2D eigenvalue weighted by atomic mass is 35.5. The number of carbonyl (C=O) groups excluding carboxylic acids is 1. The number of ether oxygens (including phenoxy) is 1. The summed E-state index contributed by atoms with van der Waals surface area (Å²) < 4.78 is 10.0. The number of esters is 1. The van der Waals surface area contributed by atoms with E-state index in [1.54, 1.807) is 24.3 Å². The lowest BCUT2D eigenvalue weighted by molar-refractivity contribution is -0.385. The Morgan fingerprint density at radius 3 is 2.69 bits per heavy atom. The fraction of sp³-hybridized carbons (Fsp3) is 0.0625. The summed E-state index contributed by atoms with van der Waals surface area (Å²) in [5.41, 5.74) is -0.0474. The third-order valence-electron chi connectivity index (χ3n) is 3.25. The Hall–Kier alpha value is -2.97. The van der Waals surface area contributed by atoms with E-state index >= 15 is 0 Å². The summed E-state index contributed by atoms with van der Waals surface area (Å²) >= 11 is 11.6. The number of nitro benzene ring substituents is 1. The SMILES string of the molecule is O=C(OCc1nc(-c2cccc(Cl)c2)no1)c1ccc(Cl)cc1[N+](=O)[O-]. The molecule has 0 unspecified atom stereocenters. The van der Waals surface area contributed by atoms with Gasteiger partial charge in [-0.3, -0.25) is 10.1 Å². The summed E-state index contributed by atoms with van der Waals surface area (Å²) in [6.07, 6.45) is 0. The molecule has 0 saturated heterocycles. The Bertz CT molecular complexity index is 990. The minimum Gasteiger partial charge on any atom is -0.452 e. The van der Waals surface area contributed by atoms with Gasteiger partial charge in [-0.05, 0) is 24.3 Å². The van der Waals surface area contributed by atoms with E-state index in [4.69, 9.17) is 32.5 Å². The molecule has 26 heavy (non-hydrogen) atoms. The molecule has 0 amide bonds. The zero-order chi connectivity index (χ0) is 18.7. The lowest BCUT2D eigenvalue weighted by Crippen LogP contribution is -2.08. The van der Waals surface area contributed by atoms with Crippen molar-refractivity contribution in [3.8, 4) is 11.4 Å². The number of benzene rings is 2. The molecule has 0 aliphatic carbocycles. The predicted octanol–water partition coefficient (Wildman–Crippen LogP) is 4.31.